The Hall–Kier alpha value is -1.14. The van der Waals surface area contributed by atoms with Crippen LogP contribution >= 0.6 is 19.4 Å². The molecule has 27 heavy (non-hydrogen) atoms. The van der Waals surface area contributed by atoms with Crippen LogP contribution in [0.2, 0.25) is 0 Å². The molecule has 0 fully saturated rings. The minimum Gasteiger partial charge on any atom is -0.309 e. The maximum Gasteiger partial charge on any atom is 0.333 e. The van der Waals surface area contributed by atoms with E-state index in [1.54, 1.807) is 38.1 Å². The van der Waals surface area contributed by atoms with Gasteiger partial charge in [-0.3, -0.25) is 19.1 Å². The first kappa shape index (κ1) is 22.2. The maximum atomic E-state index is 13.3. The zero-order valence-corrected chi connectivity index (χ0v) is 18.3. The topological polar surface area (TPSA) is 72.9 Å². The van der Waals surface area contributed by atoms with E-state index in [1.807, 2.05) is 20.8 Å². The summed E-state index contributed by atoms with van der Waals surface area (Å²) in [5.41, 5.74) is 0.763. The fourth-order valence-corrected chi connectivity index (χ4v) is 7.44. The van der Waals surface area contributed by atoms with E-state index in [0.717, 1.165) is 0 Å². The van der Waals surface area contributed by atoms with Crippen molar-refractivity contribution >= 4 is 31.2 Å². The van der Waals surface area contributed by atoms with E-state index in [-0.39, 0.29) is 37.1 Å². The van der Waals surface area contributed by atoms with Crippen LogP contribution in [0.4, 0.5) is 0 Å². The molecule has 1 aliphatic rings. The highest BCUT2D eigenvalue weighted by atomic mass is 32.2. The zero-order chi connectivity index (χ0) is 20.2. The highest BCUT2D eigenvalue weighted by molar-refractivity contribution is 8.00. The summed E-state index contributed by atoms with van der Waals surface area (Å²) in [4.78, 5) is 26.6. The van der Waals surface area contributed by atoms with E-state index < -0.39 is 12.5 Å². The number of hydrogen-bond donors (Lipinski definition) is 0. The average molecular weight is 413 g/mol. The Morgan fingerprint density at radius 3 is 1.89 bits per heavy atom. The third kappa shape index (κ3) is 4.16. The molecule has 1 aromatic carbocycles. The lowest BCUT2D eigenvalue weighted by Gasteiger charge is -2.44. The van der Waals surface area contributed by atoms with Gasteiger partial charge < -0.3 is 9.05 Å². The SMILES string of the molecule is CCOP(=O)(CC(SCC)(C(C)C)N1C(=O)c2ccccc2C1=O)OCC. The Labute approximate surface area is 165 Å². The summed E-state index contributed by atoms with van der Waals surface area (Å²) < 4.78 is 24.3. The van der Waals surface area contributed by atoms with Crippen LogP contribution in [-0.4, -0.2) is 46.7 Å². The average Bonchev–Trinajstić information content (AvgIpc) is 2.86. The van der Waals surface area contributed by atoms with Gasteiger partial charge in [-0.15, -0.1) is 11.8 Å². The van der Waals surface area contributed by atoms with Crippen LogP contribution in [0.3, 0.4) is 0 Å². The fourth-order valence-electron chi connectivity index (χ4n) is 3.37. The Balaban J connectivity index is 2.57. The second kappa shape index (κ2) is 8.91. The van der Waals surface area contributed by atoms with Crippen molar-refractivity contribution in [1.82, 2.24) is 4.90 Å². The van der Waals surface area contributed by atoms with Gasteiger partial charge in [0, 0.05) is 0 Å². The summed E-state index contributed by atoms with van der Waals surface area (Å²) in [6.07, 6.45) is -0.0384. The molecule has 6 nitrogen and oxygen atoms in total. The lowest BCUT2D eigenvalue weighted by molar-refractivity contribution is 0.0513. The molecule has 2 rings (SSSR count). The molecule has 8 heteroatoms. The van der Waals surface area contributed by atoms with Gasteiger partial charge in [0.25, 0.3) is 11.8 Å². The Morgan fingerprint density at radius 1 is 1.04 bits per heavy atom. The largest absolute Gasteiger partial charge is 0.333 e. The van der Waals surface area contributed by atoms with E-state index in [9.17, 15) is 14.2 Å². The van der Waals surface area contributed by atoms with Crippen LogP contribution in [0.5, 0.6) is 0 Å². The lowest BCUT2D eigenvalue weighted by atomic mass is 10.0. The Kier molecular flexibility index (Phi) is 7.31. The summed E-state index contributed by atoms with van der Waals surface area (Å²) in [5.74, 6) is -0.224. The molecule has 1 aliphatic heterocycles. The van der Waals surface area contributed by atoms with Crippen LogP contribution in [0, 0.1) is 5.92 Å². The molecular formula is C19H28NO5PS. The number of benzene rings is 1. The number of carbonyl (C=O) groups excluding carboxylic acids is 2. The fraction of sp³-hybridized carbons (Fsp3) is 0.579. The number of hydrogen-bond acceptors (Lipinski definition) is 6. The van der Waals surface area contributed by atoms with Crippen LogP contribution < -0.4 is 0 Å². The molecule has 1 aromatic rings. The minimum atomic E-state index is -3.49. The van der Waals surface area contributed by atoms with E-state index in [4.69, 9.17) is 9.05 Å². The highest BCUT2D eigenvalue weighted by Crippen LogP contribution is 2.56. The number of carbonyl (C=O) groups is 2. The van der Waals surface area contributed by atoms with Crippen LogP contribution in [-0.2, 0) is 13.6 Å². The molecule has 0 aromatic heterocycles. The van der Waals surface area contributed by atoms with Crippen LogP contribution in [0.15, 0.2) is 24.3 Å². The van der Waals surface area contributed by atoms with Crippen molar-refractivity contribution in [1.29, 1.82) is 0 Å². The summed E-state index contributed by atoms with van der Waals surface area (Å²) in [5, 5.41) is 0. The summed E-state index contributed by atoms with van der Waals surface area (Å²) in [6, 6.07) is 6.79. The molecule has 1 atom stereocenters. The summed E-state index contributed by atoms with van der Waals surface area (Å²) in [7, 11) is -3.49. The van der Waals surface area contributed by atoms with Crippen molar-refractivity contribution in [2.75, 3.05) is 25.1 Å². The van der Waals surface area contributed by atoms with E-state index in [0.29, 0.717) is 16.9 Å². The Bertz CT molecular complexity index is 708. The molecule has 1 heterocycles. The first-order valence-corrected chi connectivity index (χ1v) is 12.0. The molecule has 0 N–H and O–H groups in total. The number of thioether (sulfide) groups is 1. The molecule has 0 saturated carbocycles. The quantitative estimate of drug-likeness (QED) is 0.411. The second-order valence-electron chi connectivity index (χ2n) is 6.53. The molecule has 150 valence electrons. The molecule has 1 unspecified atom stereocenters. The standard InChI is InChI=1S/C19H28NO5PS/c1-6-24-26(23,25-7-2)13-19(14(4)5,27-8-3)20-17(21)15-11-9-10-12-16(15)18(20)22/h9-12,14H,6-8,13H2,1-5H3. The third-order valence-corrected chi connectivity index (χ3v) is 8.51. The van der Waals surface area contributed by atoms with Crippen LogP contribution in [0.25, 0.3) is 0 Å². The van der Waals surface area contributed by atoms with Crippen LogP contribution in [0.1, 0.15) is 55.3 Å². The number of nitrogens with zero attached hydrogens (tertiary/aromatic N) is 1. The molecule has 0 radical (unpaired) electrons. The van der Waals surface area contributed by atoms with Gasteiger partial charge in [-0.05, 0) is 37.7 Å². The van der Waals surface area contributed by atoms with Gasteiger partial charge in [0.05, 0.1) is 30.5 Å². The maximum absolute atomic E-state index is 13.3. The van der Waals surface area contributed by atoms with Gasteiger partial charge >= 0.3 is 7.60 Å². The van der Waals surface area contributed by atoms with Crippen molar-refractivity contribution in [2.24, 2.45) is 5.92 Å². The van der Waals surface area contributed by atoms with Crippen molar-refractivity contribution in [3.63, 3.8) is 0 Å². The minimum absolute atomic E-state index is 0.0384. The predicted octanol–water partition coefficient (Wildman–Crippen LogP) is 4.65. The van der Waals surface area contributed by atoms with E-state index in [2.05, 4.69) is 0 Å². The van der Waals surface area contributed by atoms with E-state index >= 15 is 0 Å². The normalized spacial score (nSPS) is 16.7. The molecular weight excluding hydrogens is 385 g/mol. The zero-order valence-electron chi connectivity index (χ0n) is 16.6. The van der Waals surface area contributed by atoms with Crippen molar-refractivity contribution < 1.29 is 23.2 Å². The summed E-state index contributed by atoms with van der Waals surface area (Å²) >= 11 is 1.44. The van der Waals surface area contributed by atoms with Crippen molar-refractivity contribution in [3.8, 4) is 0 Å². The smallest absolute Gasteiger partial charge is 0.309 e. The molecule has 0 saturated heterocycles. The van der Waals surface area contributed by atoms with Gasteiger partial charge in [0.2, 0.25) is 0 Å². The number of fused-ring (bicyclic) bond motifs is 1. The van der Waals surface area contributed by atoms with Gasteiger partial charge in [-0.25, -0.2) is 0 Å². The first-order valence-electron chi connectivity index (χ1n) is 9.26. The van der Waals surface area contributed by atoms with E-state index in [1.165, 1.54) is 16.7 Å². The number of rotatable bonds is 10. The Morgan fingerprint density at radius 2 is 1.52 bits per heavy atom. The predicted molar refractivity (Wildman–Crippen MR) is 108 cm³/mol. The first-order chi connectivity index (χ1) is 12.8. The monoisotopic (exact) mass is 413 g/mol. The lowest BCUT2D eigenvalue weighted by Crippen LogP contribution is -2.55. The highest BCUT2D eigenvalue weighted by Gasteiger charge is 2.54. The van der Waals surface area contributed by atoms with Gasteiger partial charge in [0.1, 0.15) is 4.87 Å². The molecule has 0 bridgehead atoms. The van der Waals surface area contributed by atoms with Gasteiger partial charge in [-0.1, -0.05) is 32.9 Å². The second-order valence-corrected chi connectivity index (χ2v) is 10.2. The van der Waals surface area contributed by atoms with Crippen molar-refractivity contribution in [3.05, 3.63) is 35.4 Å². The number of imide groups is 1. The molecule has 2 amide bonds. The molecule has 0 spiro atoms. The molecule has 0 aliphatic carbocycles. The van der Waals surface area contributed by atoms with Gasteiger partial charge in [-0.2, -0.15) is 0 Å². The number of amides is 2. The van der Waals surface area contributed by atoms with Crippen molar-refractivity contribution in [2.45, 2.75) is 39.5 Å². The third-order valence-electron chi connectivity index (χ3n) is 4.54. The summed E-state index contributed by atoms with van der Waals surface area (Å²) in [6.45, 7) is 9.75. The van der Waals surface area contributed by atoms with Gasteiger partial charge in [0.15, 0.2) is 0 Å².